The van der Waals surface area contributed by atoms with Crippen molar-refractivity contribution in [2.24, 2.45) is 0 Å². The first-order chi connectivity index (χ1) is 12.6. The maximum absolute atomic E-state index is 12.8. The summed E-state index contributed by atoms with van der Waals surface area (Å²) in [4.78, 5) is 21.2. The van der Waals surface area contributed by atoms with Crippen molar-refractivity contribution < 1.29 is 9.21 Å². The number of fused-ring (bicyclic) bond motifs is 1. The summed E-state index contributed by atoms with van der Waals surface area (Å²) >= 11 is 6.22. The molecule has 2 aromatic heterocycles. The van der Waals surface area contributed by atoms with Crippen molar-refractivity contribution in [2.75, 3.05) is 5.32 Å². The standard InChI is InChI=1S/C20H14ClN3O2/c1-12-13-6-4-8-17(14(13)9-10-22-12)24-20(25)18-19(26-11-23-18)15-5-2-3-7-16(15)21/h2-11H,1H3,(H,24,25). The molecule has 0 spiro atoms. The van der Waals surface area contributed by atoms with E-state index >= 15 is 0 Å². The van der Waals surface area contributed by atoms with Crippen molar-refractivity contribution in [3.05, 3.63) is 77.5 Å². The molecule has 0 fully saturated rings. The number of nitrogens with zero attached hydrogens (tertiary/aromatic N) is 2. The Morgan fingerprint density at radius 2 is 1.88 bits per heavy atom. The minimum atomic E-state index is -0.365. The Hall–Kier alpha value is -3.18. The number of hydrogen-bond donors (Lipinski definition) is 1. The second-order valence-corrected chi connectivity index (χ2v) is 6.17. The van der Waals surface area contributed by atoms with Gasteiger partial charge in [-0.2, -0.15) is 0 Å². The molecule has 6 heteroatoms. The van der Waals surface area contributed by atoms with Gasteiger partial charge < -0.3 is 9.73 Å². The Morgan fingerprint density at radius 3 is 2.73 bits per heavy atom. The summed E-state index contributed by atoms with van der Waals surface area (Å²) in [5.41, 5.74) is 2.39. The fourth-order valence-corrected chi connectivity index (χ4v) is 3.11. The third-order valence-corrected chi connectivity index (χ3v) is 4.48. The molecule has 0 unspecified atom stereocenters. The zero-order chi connectivity index (χ0) is 18.1. The number of carbonyl (C=O) groups is 1. The van der Waals surface area contributed by atoms with E-state index in [2.05, 4.69) is 15.3 Å². The van der Waals surface area contributed by atoms with Gasteiger partial charge in [0, 0.05) is 33.9 Å². The molecule has 2 heterocycles. The third-order valence-electron chi connectivity index (χ3n) is 4.15. The van der Waals surface area contributed by atoms with Crippen LogP contribution in [0.5, 0.6) is 0 Å². The lowest BCUT2D eigenvalue weighted by Gasteiger charge is -2.09. The highest BCUT2D eigenvalue weighted by Crippen LogP contribution is 2.31. The topological polar surface area (TPSA) is 68.0 Å². The molecule has 4 aromatic rings. The minimum Gasteiger partial charge on any atom is -0.443 e. The number of amides is 1. The van der Waals surface area contributed by atoms with E-state index < -0.39 is 0 Å². The molecular formula is C20H14ClN3O2. The van der Waals surface area contributed by atoms with Gasteiger partial charge in [-0.05, 0) is 31.2 Å². The molecule has 0 aliphatic heterocycles. The van der Waals surface area contributed by atoms with Crippen LogP contribution in [0.1, 0.15) is 16.2 Å². The Kier molecular flexibility index (Phi) is 4.14. The van der Waals surface area contributed by atoms with Crippen LogP contribution in [0.25, 0.3) is 22.1 Å². The van der Waals surface area contributed by atoms with Gasteiger partial charge in [-0.25, -0.2) is 4.98 Å². The average molecular weight is 364 g/mol. The van der Waals surface area contributed by atoms with E-state index in [1.165, 1.54) is 6.39 Å². The van der Waals surface area contributed by atoms with Crippen LogP contribution in [-0.4, -0.2) is 15.9 Å². The summed E-state index contributed by atoms with van der Waals surface area (Å²) in [6.07, 6.45) is 2.96. The number of nitrogens with one attached hydrogen (secondary N) is 1. The molecule has 4 rings (SSSR count). The first-order valence-corrected chi connectivity index (χ1v) is 8.37. The lowest BCUT2D eigenvalue weighted by Crippen LogP contribution is -2.13. The molecule has 128 valence electrons. The van der Waals surface area contributed by atoms with Crippen molar-refractivity contribution in [3.8, 4) is 11.3 Å². The summed E-state index contributed by atoms with van der Waals surface area (Å²) in [5.74, 6) is -0.0261. The molecule has 2 aromatic carbocycles. The van der Waals surface area contributed by atoms with Gasteiger partial charge in [0.1, 0.15) is 0 Å². The molecule has 0 aliphatic rings. The quantitative estimate of drug-likeness (QED) is 0.549. The van der Waals surface area contributed by atoms with Gasteiger partial charge in [0.05, 0.1) is 5.02 Å². The maximum atomic E-state index is 12.8. The second-order valence-electron chi connectivity index (χ2n) is 5.76. The summed E-state index contributed by atoms with van der Waals surface area (Å²) in [5, 5.41) is 5.30. The fraction of sp³-hybridized carbons (Fsp3) is 0.0500. The Balaban J connectivity index is 1.72. The molecule has 1 N–H and O–H groups in total. The van der Waals surface area contributed by atoms with Crippen molar-refractivity contribution in [3.63, 3.8) is 0 Å². The monoisotopic (exact) mass is 363 g/mol. The van der Waals surface area contributed by atoms with Crippen LogP contribution in [0, 0.1) is 6.92 Å². The highest BCUT2D eigenvalue weighted by atomic mass is 35.5. The van der Waals surface area contributed by atoms with E-state index in [-0.39, 0.29) is 11.6 Å². The van der Waals surface area contributed by atoms with Gasteiger partial charge in [0.25, 0.3) is 5.91 Å². The van der Waals surface area contributed by atoms with Crippen molar-refractivity contribution in [1.82, 2.24) is 9.97 Å². The smallest absolute Gasteiger partial charge is 0.278 e. The normalized spacial score (nSPS) is 10.8. The number of benzene rings is 2. The molecule has 0 saturated heterocycles. The van der Waals surface area contributed by atoms with E-state index in [0.717, 1.165) is 16.5 Å². The number of aryl methyl sites for hydroxylation is 1. The van der Waals surface area contributed by atoms with Crippen LogP contribution in [0.15, 0.2) is 65.5 Å². The van der Waals surface area contributed by atoms with E-state index in [9.17, 15) is 4.79 Å². The Morgan fingerprint density at radius 1 is 1.04 bits per heavy atom. The van der Waals surface area contributed by atoms with Gasteiger partial charge in [-0.15, -0.1) is 0 Å². The predicted molar refractivity (Wildman–Crippen MR) is 101 cm³/mol. The van der Waals surface area contributed by atoms with E-state index in [4.69, 9.17) is 16.0 Å². The van der Waals surface area contributed by atoms with E-state index in [1.54, 1.807) is 18.3 Å². The zero-order valence-electron chi connectivity index (χ0n) is 13.9. The molecule has 0 aliphatic carbocycles. The molecule has 5 nitrogen and oxygen atoms in total. The number of halogens is 1. The number of pyridine rings is 1. The van der Waals surface area contributed by atoms with Crippen molar-refractivity contribution in [2.45, 2.75) is 6.92 Å². The largest absolute Gasteiger partial charge is 0.443 e. The number of rotatable bonds is 3. The average Bonchev–Trinajstić information content (AvgIpc) is 3.13. The number of aromatic nitrogens is 2. The van der Waals surface area contributed by atoms with E-state index in [1.807, 2.05) is 43.3 Å². The SMILES string of the molecule is Cc1nccc2c(NC(=O)c3ncoc3-c3ccccc3Cl)cccc12. The van der Waals surface area contributed by atoms with Crippen LogP contribution in [0.4, 0.5) is 5.69 Å². The van der Waals surface area contributed by atoms with Crippen molar-refractivity contribution in [1.29, 1.82) is 0 Å². The second kappa shape index (κ2) is 6.61. The molecule has 0 radical (unpaired) electrons. The van der Waals surface area contributed by atoms with Crippen LogP contribution in [0.3, 0.4) is 0 Å². The first-order valence-electron chi connectivity index (χ1n) is 7.99. The highest BCUT2D eigenvalue weighted by Gasteiger charge is 2.20. The maximum Gasteiger partial charge on any atom is 0.278 e. The predicted octanol–water partition coefficient (Wildman–Crippen LogP) is 5.10. The van der Waals surface area contributed by atoms with Gasteiger partial charge in [0.15, 0.2) is 17.8 Å². The number of hydrogen-bond acceptors (Lipinski definition) is 4. The zero-order valence-corrected chi connectivity index (χ0v) is 14.6. The first kappa shape index (κ1) is 16.3. The van der Waals surface area contributed by atoms with Crippen LogP contribution in [-0.2, 0) is 0 Å². The Bertz CT molecular complexity index is 1120. The van der Waals surface area contributed by atoms with Crippen molar-refractivity contribution >= 4 is 34.0 Å². The summed E-state index contributed by atoms with van der Waals surface area (Å²) in [6.45, 7) is 1.93. The number of carbonyl (C=O) groups excluding carboxylic acids is 1. The van der Waals surface area contributed by atoms with Gasteiger partial charge in [-0.3, -0.25) is 9.78 Å². The van der Waals surface area contributed by atoms with Gasteiger partial charge >= 0.3 is 0 Å². The van der Waals surface area contributed by atoms with Gasteiger partial charge in [-0.1, -0.05) is 35.9 Å². The molecule has 0 bridgehead atoms. The summed E-state index contributed by atoms with van der Waals surface area (Å²) in [7, 11) is 0. The lowest BCUT2D eigenvalue weighted by molar-refractivity contribution is 0.102. The number of anilines is 1. The minimum absolute atomic E-state index is 0.181. The molecule has 0 saturated carbocycles. The lowest BCUT2D eigenvalue weighted by atomic mass is 10.1. The van der Waals surface area contributed by atoms with Crippen LogP contribution in [0.2, 0.25) is 5.02 Å². The third kappa shape index (κ3) is 2.82. The summed E-state index contributed by atoms with van der Waals surface area (Å²) in [6, 6.07) is 14.7. The number of oxazole rings is 1. The fourth-order valence-electron chi connectivity index (χ4n) is 2.89. The molecule has 26 heavy (non-hydrogen) atoms. The summed E-state index contributed by atoms with van der Waals surface area (Å²) < 4.78 is 5.43. The molecule has 1 amide bonds. The van der Waals surface area contributed by atoms with Crippen LogP contribution < -0.4 is 5.32 Å². The van der Waals surface area contributed by atoms with E-state index in [0.29, 0.717) is 22.0 Å². The molecule has 0 atom stereocenters. The highest BCUT2D eigenvalue weighted by molar-refractivity contribution is 6.33. The molecular weight excluding hydrogens is 350 g/mol. The van der Waals surface area contributed by atoms with Gasteiger partial charge in [0.2, 0.25) is 0 Å². The Labute approximate surface area is 154 Å². The van der Waals surface area contributed by atoms with Crippen LogP contribution >= 0.6 is 11.6 Å².